The van der Waals surface area contributed by atoms with Crippen molar-refractivity contribution in [2.45, 2.75) is 379 Å². The average Bonchev–Trinajstić information content (AvgIpc) is 3.47. The standard InChI is InChI=1S/C77H139NO3/c1-3-5-7-9-11-13-15-17-19-21-23-25-27-29-31-33-34-35-36-37-38-39-40-41-42-43-44-45-47-49-51-53-55-57-59-61-63-65-67-69-71-73-77(81)78-75(74-79)76(80)72-70-68-66-64-62-60-58-56-54-52-50-48-46-32-30-28-26-24-22-20-18-16-14-12-10-8-6-4-2/h5,7,11,13,17,19,23,25,29,31,34-35,62,64,70,72,75-76,79-80H,3-4,6,8-10,12,14-16,18,20-22,24,26-28,30,32-33,36-61,63,65-69,71,73-74H2,1-2H3,(H,78,81)/b7-5-,13-11-,19-17-,25-23-,31-29-,35-34-,64-62+,72-70+. The highest BCUT2D eigenvalue weighted by Gasteiger charge is 2.18. The number of hydrogen-bond donors (Lipinski definition) is 3. The highest BCUT2D eigenvalue weighted by molar-refractivity contribution is 5.76. The van der Waals surface area contributed by atoms with Gasteiger partial charge in [-0.25, -0.2) is 0 Å². The first-order valence-electron chi connectivity index (χ1n) is 36.0. The van der Waals surface area contributed by atoms with Gasteiger partial charge in [-0.3, -0.25) is 4.79 Å². The number of aliphatic hydroxyl groups is 2. The summed E-state index contributed by atoms with van der Waals surface area (Å²) in [5.41, 5.74) is 0. The van der Waals surface area contributed by atoms with E-state index in [2.05, 4.69) is 104 Å². The highest BCUT2D eigenvalue weighted by Crippen LogP contribution is 2.18. The number of carbonyl (C=O) groups excluding carboxylic acids is 1. The Kier molecular flexibility index (Phi) is 69.2. The number of carbonyl (C=O) groups is 1. The van der Waals surface area contributed by atoms with E-state index in [1.807, 2.05) is 6.08 Å². The molecule has 0 heterocycles. The van der Waals surface area contributed by atoms with Crippen LogP contribution in [0.2, 0.25) is 0 Å². The molecule has 0 rings (SSSR count). The summed E-state index contributed by atoms with van der Waals surface area (Å²) in [5, 5.41) is 23.3. The van der Waals surface area contributed by atoms with Crippen LogP contribution in [0.5, 0.6) is 0 Å². The van der Waals surface area contributed by atoms with Gasteiger partial charge >= 0.3 is 0 Å². The lowest BCUT2D eigenvalue weighted by Gasteiger charge is -2.19. The van der Waals surface area contributed by atoms with Gasteiger partial charge in [-0.15, -0.1) is 0 Å². The molecule has 81 heavy (non-hydrogen) atoms. The number of hydrogen-bond acceptors (Lipinski definition) is 3. The summed E-state index contributed by atoms with van der Waals surface area (Å²) in [6, 6.07) is -0.643. The molecular weight excluding hydrogens is 987 g/mol. The van der Waals surface area contributed by atoms with Crippen molar-refractivity contribution in [2.75, 3.05) is 6.61 Å². The molecule has 0 fully saturated rings. The van der Waals surface area contributed by atoms with E-state index in [0.717, 1.165) is 70.6 Å². The molecule has 4 heteroatoms. The normalized spacial score (nSPS) is 13.3. The summed E-state index contributed by atoms with van der Waals surface area (Å²) in [4.78, 5) is 12.5. The van der Waals surface area contributed by atoms with Crippen LogP contribution in [0, 0.1) is 0 Å². The van der Waals surface area contributed by atoms with Gasteiger partial charge in [0.25, 0.3) is 0 Å². The Hall–Kier alpha value is -2.69. The fourth-order valence-electron chi connectivity index (χ4n) is 10.9. The Morgan fingerprint density at radius 2 is 0.556 bits per heavy atom. The van der Waals surface area contributed by atoms with Crippen LogP contribution in [0.15, 0.2) is 97.2 Å². The topological polar surface area (TPSA) is 69.6 Å². The summed E-state index contributed by atoms with van der Waals surface area (Å²) < 4.78 is 0. The molecule has 0 aliphatic rings. The molecule has 3 N–H and O–H groups in total. The minimum atomic E-state index is -0.866. The first kappa shape index (κ1) is 78.3. The zero-order valence-corrected chi connectivity index (χ0v) is 54.3. The molecule has 0 aliphatic carbocycles. The van der Waals surface area contributed by atoms with Crippen molar-refractivity contribution in [1.82, 2.24) is 5.32 Å². The van der Waals surface area contributed by atoms with Crippen LogP contribution >= 0.6 is 0 Å². The van der Waals surface area contributed by atoms with Crippen LogP contribution in [0.25, 0.3) is 0 Å². The van der Waals surface area contributed by atoms with Crippen molar-refractivity contribution in [3.8, 4) is 0 Å². The van der Waals surface area contributed by atoms with Crippen LogP contribution in [-0.2, 0) is 4.79 Å². The number of amides is 1. The van der Waals surface area contributed by atoms with Gasteiger partial charge in [0, 0.05) is 6.42 Å². The predicted molar refractivity (Wildman–Crippen MR) is 363 cm³/mol. The fraction of sp³-hybridized carbons (Fsp3) is 0.779. The summed E-state index contributed by atoms with van der Waals surface area (Å²) in [6.07, 6.45) is 107. The summed E-state index contributed by atoms with van der Waals surface area (Å²) in [5.74, 6) is -0.0689. The van der Waals surface area contributed by atoms with E-state index in [1.54, 1.807) is 6.08 Å². The lowest BCUT2D eigenvalue weighted by molar-refractivity contribution is -0.123. The van der Waals surface area contributed by atoms with Gasteiger partial charge < -0.3 is 15.5 Å². The minimum absolute atomic E-state index is 0.0689. The Bertz CT molecular complexity index is 1470. The van der Waals surface area contributed by atoms with Gasteiger partial charge in [0.15, 0.2) is 0 Å². The molecule has 0 aromatic heterocycles. The van der Waals surface area contributed by atoms with E-state index < -0.39 is 12.1 Å². The Labute approximate surface area is 506 Å². The molecule has 2 unspecified atom stereocenters. The van der Waals surface area contributed by atoms with E-state index in [-0.39, 0.29) is 12.5 Å². The maximum atomic E-state index is 12.5. The second kappa shape index (κ2) is 71.6. The van der Waals surface area contributed by atoms with Crippen LogP contribution in [0.3, 0.4) is 0 Å². The van der Waals surface area contributed by atoms with E-state index in [0.29, 0.717) is 6.42 Å². The molecule has 1 amide bonds. The Balaban J connectivity index is 3.47. The number of aliphatic hydroxyl groups excluding tert-OH is 2. The summed E-state index contributed by atoms with van der Waals surface area (Å²) >= 11 is 0. The lowest BCUT2D eigenvalue weighted by Crippen LogP contribution is -2.45. The van der Waals surface area contributed by atoms with Crippen LogP contribution in [-0.4, -0.2) is 34.9 Å². The van der Waals surface area contributed by atoms with Gasteiger partial charge in [0.2, 0.25) is 5.91 Å². The predicted octanol–water partition coefficient (Wildman–Crippen LogP) is 24.8. The van der Waals surface area contributed by atoms with Crippen molar-refractivity contribution >= 4 is 5.91 Å². The molecule has 0 spiro atoms. The molecule has 2 atom stereocenters. The van der Waals surface area contributed by atoms with Gasteiger partial charge in [-0.1, -0.05) is 374 Å². The molecule has 0 aliphatic heterocycles. The van der Waals surface area contributed by atoms with Gasteiger partial charge in [-0.2, -0.15) is 0 Å². The molecular formula is C77H139NO3. The number of rotatable bonds is 66. The fourth-order valence-corrected chi connectivity index (χ4v) is 10.9. The van der Waals surface area contributed by atoms with E-state index in [9.17, 15) is 15.0 Å². The van der Waals surface area contributed by atoms with E-state index in [1.165, 1.54) is 276 Å². The number of unbranched alkanes of at least 4 members (excludes halogenated alkanes) is 45. The zero-order valence-electron chi connectivity index (χ0n) is 54.3. The third kappa shape index (κ3) is 68.0. The average molecular weight is 1130 g/mol. The molecule has 0 bridgehead atoms. The molecule has 0 aromatic rings. The Morgan fingerprint density at radius 1 is 0.309 bits per heavy atom. The zero-order chi connectivity index (χ0) is 58.4. The molecule has 0 saturated carbocycles. The monoisotopic (exact) mass is 1130 g/mol. The Morgan fingerprint density at radius 3 is 0.864 bits per heavy atom. The smallest absolute Gasteiger partial charge is 0.220 e. The van der Waals surface area contributed by atoms with Crippen molar-refractivity contribution in [1.29, 1.82) is 0 Å². The second-order valence-electron chi connectivity index (χ2n) is 24.3. The maximum absolute atomic E-state index is 12.5. The number of nitrogens with one attached hydrogen (secondary N) is 1. The third-order valence-electron chi connectivity index (χ3n) is 16.3. The van der Waals surface area contributed by atoms with Crippen LogP contribution in [0.1, 0.15) is 367 Å². The lowest BCUT2D eigenvalue weighted by atomic mass is 10.0. The first-order chi connectivity index (χ1) is 40.2. The van der Waals surface area contributed by atoms with E-state index in [4.69, 9.17) is 0 Å². The molecule has 0 radical (unpaired) electrons. The minimum Gasteiger partial charge on any atom is -0.394 e. The molecule has 0 aromatic carbocycles. The highest BCUT2D eigenvalue weighted by atomic mass is 16.3. The van der Waals surface area contributed by atoms with Crippen molar-refractivity contribution in [3.63, 3.8) is 0 Å². The van der Waals surface area contributed by atoms with Gasteiger partial charge in [0.1, 0.15) is 0 Å². The van der Waals surface area contributed by atoms with Gasteiger partial charge in [0.05, 0.1) is 18.8 Å². The first-order valence-corrected chi connectivity index (χ1v) is 36.0. The van der Waals surface area contributed by atoms with Crippen molar-refractivity contribution < 1.29 is 15.0 Å². The van der Waals surface area contributed by atoms with Crippen molar-refractivity contribution in [3.05, 3.63) is 97.2 Å². The third-order valence-corrected chi connectivity index (χ3v) is 16.3. The van der Waals surface area contributed by atoms with E-state index >= 15 is 0 Å². The summed E-state index contributed by atoms with van der Waals surface area (Å²) in [7, 11) is 0. The largest absolute Gasteiger partial charge is 0.394 e. The number of allylic oxidation sites excluding steroid dienone is 15. The maximum Gasteiger partial charge on any atom is 0.220 e. The van der Waals surface area contributed by atoms with Crippen molar-refractivity contribution in [2.24, 2.45) is 0 Å². The SMILES string of the molecule is CC/C=C\C/C=C\C/C=C\C/C=C\C/C=C\C/C=C\CCCCCCCCCCCCCCCCCCCCCCCCC(=O)NC(CO)C(O)/C=C/CC/C=C/CCCCCCCCCCCCCCCCCCCCCCCC. The second-order valence-corrected chi connectivity index (χ2v) is 24.3. The quantitative estimate of drug-likeness (QED) is 0.0420. The molecule has 4 nitrogen and oxygen atoms in total. The summed E-state index contributed by atoms with van der Waals surface area (Å²) in [6.45, 7) is 4.22. The molecule has 0 saturated heterocycles. The van der Waals surface area contributed by atoms with Gasteiger partial charge in [-0.05, 0) is 83.5 Å². The van der Waals surface area contributed by atoms with Crippen LogP contribution < -0.4 is 5.32 Å². The van der Waals surface area contributed by atoms with Crippen LogP contribution in [0.4, 0.5) is 0 Å². The molecule has 470 valence electrons.